The molecular formula is C14H18FN5O5. The van der Waals surface area contributed by atoms with Gasteiger partial charge in [-0.2, -0.15) is 10.2 Å². The molecule has 0 aliphatic rings. The number of carboxylic acid groups (broad SMARTS) is 2. The van der Waals surface area contributed by atoms with Crippen LogP contribution in [0.15, 0.2) is 18.6 Å². The van der Waals surface area contributed by atoms with E-state index in [-0.39, 0.29) is 23.4 Å². The highest BCUT2D eigenvalue weighted by Crippen LogP contribution is 2.10. The molecule has 136 valence electrons. The van der Waals surface area contributed by atoms with Gasteiger partial charge in [-0.05, 0) is 0 Å². The number of hydrogen-bond acceptors (Lipinski definition) is 5. The van der Waals surface area contributed by atoms with Gasteiger partial charge in [-0.25, -0.2) is 14.0 Å². The topological polar surface area (TPSA) is 131 Å². The first-order chi connectivity index (χ1) is 11.7. The average molecular weight is 355 g/mol. The number of amides is 1. The van der Waals surface area contributed by atoms with Crippen LogP contribution in [0.25, 0.3) is 0 Å². The summed E-state index contributed by atoms with van der Waals surface area (Å²) in [6.45, 7) is -0.752. The Morgan fingerprint density at radius 1 is 1.16 bits per heavy atom. The second kappa shape index (κ2) is 8.57. The van der Waals surface area contributed by atoms with Gasteiger partial charge in [0.25, 0.3) is 5.91 Å². The van der Waals surface area contributed by atoms with Crippen LogP contribution in [0.4, 0.5) is 4.39 Å². The van der Waals surface area contributed by atoms with Crippen LogP contribution in [-0.4, -0.2) is 72.8 Å². The molecule has 0 fully saturated rings. The normalized spacial score (nSPS) is 9.92. The van der Waals surface area contributed by atoms with Crippen LogP contribution in [0.3, 0.4) is 0 Å². The first-order valence-electron chi connectivity index (χ1n) is 6.97. The summed E-state index contributed by atoms with van der Waals surface area (Å²) in [6.07, 6.45) is 3.92. The number of halogens is 1. The van der Waals surface area contributed by atoms with Gasteiger partial charge in [-0.1, -0.05) is 0 Å². The predicted molar refractivity (Wildman–Crippen MR) is 83.3 cm³/mol. The van der Waals surface area contributed by atoms with E-state index in [2.05, 4.69) is 10.2 Å². The molecule has 0 spiro atoms. The van der Waals surface area contributed by atoms with Gasteiger partial charge in [0.15, 0.2) is 5.69 Å². The summed E-state index contributed by atoms with van der Waals surface area (Å²) in [4.78, 5) is 33.9. The van der Waals surface area contributed by atoms with E-state index in [1.54, 1.807) is 7.05 Å². The Morgan fingerprint density at radius 3 is 2.20 bits per heavy atom. The van der Waals surface area contributed by atoms with E-state index in [1.807, 2.05) is 0 Å². The number of aromatic nitrogens is 4. The highest BCUT2D eigenvalue weighted by atomic mass is 19.1. The van der Waals surface area contributed by atoms with Crippen LogP contribution in [0.2, 0.25) is 0 Å². The van der Waals surface area contributed by atoms with Crippen molar-refractivity contribution in [3.8, 4) is 0 Å². The highest BCUT2D eigenvalue weighted by molar-refractivity contribution is 6.03. The van der Waals surface area contributed by atoms with Gasteiger partial charge in [0.1, 0.15) is 6.67 Å². The molecule has 0 aromatic carbocycles. The van der Waals surface area contributed by atoms with Crippen LogP contribution in [0.5, 0.6) is 0 Å². The van der Waals surface area contributed by atoms with Crippen molar-refractivity contribution in [2.45, 2.75) is 0 Å². The lowest BCUT2D eigenvalue weighted by Crippen LogP contribution is -2.30. The summed E-state index contributed by atoms with van der Waals surface area (Å²) >= 11 is 0. The summed E-state index contributed by atoms with van der Waals surface area (Å²) < 4.78 is 14.6. The quantitative estimate of drug-likeness (QED) is 0.787. The summed E-state index contributed by atoms with van der Waals surface area (Å²) in [5.41, 5.74) is -0.0147. The second-order valence-electron chi connectivity index (χ2n) is 4.96. The fourth-order valence-electron chi connectivity index (χ4n) is 1.81. The third-order valence-corrected chi connectivity index (χ3v) is 3.09. The van der Waals surface area contributed by atoms with E-state index in [9.17, 15) is 18.8 Å². The Balaban J connectivity index is 0.000000293. The Kier molecular flexibility index (Phi) is 6.79. The first kappa shape index (κ1) is 19.8. The number of carbonyl (C=O) groups is 3. The molecule has 1 amide bonds. The lowest BCUT2D eigenvalue weighted by Gasteiger charge is -2.14. The van der Waals surface area contributed by atoms with Crippen molar-refractivity contribution in [2.75, 3.05) is 20.3 Å². The number of carboxylic acids is 2. The molecule has 0 saturated heterocycles. The Labute approximate surface area is 142 Å². The molecule has 2 aromatic rings. The lowest BCUT2D eigenvalue weighted by molar-refractivity contribution is 0.0668. The Bertz CT molecular complexity index is 770. The highest BCUT2D eigenvalue weighted by Gasteiger charge is 2.23. The summed E-state index contributed by atoms with van der Waals surface area (Å²) in [6, 6.07) is 0. The molecule has 0 atom stereocenters. The molecule has 2 rings (SSSR count). The molecule has 11 heteroatoms. The fourth-order valence-corrected chi connectivity index (χ4v) is 1.81. The largest absolute Gasteiger partial charge is 0.478 e. The number of aromatic carboxylic acids is 2. The lowest BCUT2D eigenvalue weighted by atomic mass is 10.2. The fraction of sp³-hybridized carbons (Fsp3) is 0.357. The second-order valence-corrected chi connectivity index (χ2v) is 4.96. The van der Waals surface area contributed by atoms with Crippen molar-refractivity contribution >= 4 is 17.8 Å². The summed E-state index contributed by atoms with van der Waals surface area (Å²) in [7, 11) is 4.50. The third-order valence-electron chi connectivity index (χ3n) is 3.09. The predicted octanol–water partition coefficient (Wildman–Crippen LogP) is 0.278. The average Bonchev–Trinajstić information content (AvgIpc) is 3.13. The smallest absolute Gasteiger partial charge is 0.354 e. The number of aryl methyl sites for hydroxylation is 2. The van der Waals surface area contributed by atoms with E-state index >= 15 is 0 Å². The van der Waals surface area contributed by atoms with Crippen LogP contribution in [0.1, 0.15) is 31.2 Å². The SMILES string of the molecule is CN(CCF)C(=O)c1cnn(C)c1C(=O)O.Cn1cc(C(=O)O)cn1. The standard InChI is InChI=1S/C9H12FN3O3.C5H6N2O2/c1-12(4-3-10)8(14)6-5-11-13(2)7(6)9(15)16;1-7-3-4(2-6-7)5(8)9/h5H,3-4H2,1-2H3,(H,15,16);2-3H,1H3,(H,8,9). The van der Waals surface area contributed by atoms with Gasteiger partial charge < -0.3 is 15.1 Å². The van der Waals surface area contributed by atoms with Gasteiger partial charge in [0.2, 0.25) is 0 Å². The maximum Gasteiger partial charge on any atom is 0.354 e. The zero-order valence-corrected chi connectivity index (χ0v) is 13.9. The molecule has 25 heavy (non-hydrogen) atoms. The van der Waals surface area contributed by atoms with E-state index in [0.717, 1.165) is 9.58 Å². The van der Waals surface area contributed by atoms with Crippen molar-refractivity contribution in [1.82, 2.24) is 24.5 Å². The van der Waals surface area contributed by atoms with Crippen molar-refractivity contribution in [1.29, 1.82) is 0 Å². The third kappa shape index (κ3) is 5.12. The molecule has 2 heterocycles. The van der Waals surface area contributed by atoms with Crippen LogP contribution < -0.4 is 0 Å². The Morgan fingerprint density at radius 2 is 1.80 bits per heavy atom. The van der Waals surface area contributed by atoms with Crippen LogP contribution in [0, 0.1) is 0 Å². The molecule has 0 bridgehead atoms. The molecule has 0 saturated carbocycles. The van der Waals surface area contributed by atoms with Crippen molar-refractivity contribution in [3.63, 3.8) is 0 Å². The molecule has 2 N–H and O–H groups in total. The number of alkyl halides is 1. The molecule has 0 aliphatic heterocycles. The van der Waals surface area contributed by atoms with Gasteiger partial charge in [-0.3, -0.25) is 14.2 Å². The zero-order valence-electron chi connectivity index (χ0n) is 13.9. The summed E-state index contributed by atoms with van der Waals surface area (Å²) in [5.74, 6) is -2.73. The molecule has 2 aromatic heterocycles. The molecule has 0 radical (unpaired) electrons. The maximum absolute atomic E-state index is 12.1. The van der Waals surface area contributed by atoms with Gasteiger partial charge in [0, 0.05) is 33.9 Å². The molecule has 10 nitrogen and oxygen atoms in total. The van der Waals surface area contributed by atoms with Crippen LogP contribution >= 0.6 is 0 Å². The van der Waals surface area contributed by atoms with E-state index in [1.165, 1.54) is 37.4 Å². The van der Waals surface area contributed by atoms with Crippen molar-refractivity contribution in [2.24, 2.45) is 14.1 Å². The van der Waals surface area contributed by atoms with Crippen LogP contribution in [-0.2, 0) is 14.1 Å². The van der Waals surface area contributed by atoms with E-state index in [0.29, 0.717) is 0 Å². The number of carbonyl (C=O) groups excluding carboxylic acids is 1. The maximum atomic E-state index is 12.1. The minimum Gasteiger partial charge on any atom is -0.478 e. The van der Waals surface area contributed by atoms with Gasteiger partial charge in [-0.15, -0.1) is 0 Å². The molecular weight excluding hydrogens is 337 g/mol. The van der Waals surface area contributed by atoms with Gasteiger partial charge >= 0.3 is 11.9 Å². The minimum absolute atomic E-state index is 0.0362. The van der Waals surface area contributed by atoms with Gasteiger partial charge in [0.05, 0.1) is 23.5 Å². The molecule has 0 aliphatic carbocycles. The number of hydrogen-bond donors (Lipinski definition) is 2. The zero-order chi connectivity index (χ0) is 19.1. The van der Waals surface area contributed by atoms with Crippen molar-refractivity contribution in [3.05, 3.63) is 35.4 Å². The Hall–Kier alpha value is -3.24. The van der Waals surface area contributed by atoms with E-state index in [4.69, 9.17) is 10.2 Å². The first-order valence-corrected chi connectivity index (χ1v) is 6.97. The van der Waals surface area contributed by atoms with E-state index < -0.39 is 24.5 Å². The molecule has 0 unspecified atom stereocenters. The number of rotatable bonds is 5. The van der Waals surface area contributed by atoms with Crippen molar-refractivity contribution < 1.29 is 29.0 Å². The number of nitrogens with zero attached hydrogens (tertiary/aromatic N) is 5. The minimum atomic E-state index is -1.24. The monoisotopic (exact) mass is 355 g/mol. The summed E-state index contributed by atoms with van der Waals surface area (Å²) in [5, 5.41) is 24.6.